The third kappa shape index (κ3) is 6.42. The van der Waals surface area contributed by atoms with E-state index in [1.54, 1.807) is 74.8 Å². The van der Waals surface area contributed by atoms with Gasteiger partial charge in [-0.25, -0.2) is 0 Å². The molecule has 10 heteroatoms. The molecule has 5 N–H and O–H groups in total. The molecule has 1 saturated heterocycles. The van der Waals surface area contributed by atoms with E-state index in [1.807, 2.05) is 23.1 Å². The van der Waals surface area contributed by atoms with Crippen molar-refractivity contribution in [1.29, 1.82) is 0 Å². The number of hydrogen-bond donors (Lipinski definition) is 4. The fraction of sp³-hybridized carbons (Fsp3) is 0.182. The van der Waals surface area contributed by atoms with Gasteiger partial charge in [0.2, 0.25) is 0 Å². The fourth-order valence-corrected chi connectivity index (χ4v) is 5.27. The number of nitrogens with one attached hydrogen (secondary N) is 3. The van der Waals surface area contributed by atoms with Gasteiger partial charge in [0.1, 0.15) is 5.75 Å². The number of amides is 3. The third-order valence-electron chi connectivity index (χ3n) is 7.36. The molecule has 3 amide bonds. The Morgan fingerprint density at radius 2 is 1.56 bits per heavy atom. The first-order valence-electron chi connectivity index (χ1n) is 13.8. The number of halogens is 1. The maximum atomic E-state index is 13.8. The smallest absolute Gasteiger partial charge is 0.254 e. The van der Waals surface area contributed by atoms with Crippen LogP contribution in [0, 0.1) is 0 Å². The fourth-order valence-electron chi connectivity index (χ4n) is 5.10. The quantitative estimate of drug-likeness (QED) is 0.182. The Morgan fingerprint density at radius 1 is 0.837 bits per heavy atom. The van der Waals surface area contributed by atoms with Crippen LogP contribution in [-0.2, 0) is 0 Å². The van der Waals surface area contributed by atoms with E-state index in [0.717, 1.165) is 18.4 Å². The Bertz CT molecular complexity index is 1680. The van der Waals surface area contributed by atoms with Gasteiger partial charge < -0.3 is 31.3 Å². The number of para-hydroxylation sites is 1. The molecule has 0 radical (unpaired) electrons. The summed E-state index contributed by atoms with van der Waals surface area (Å²) in [6.07, 6.45) is 1.92. The highest BCUT2D eigenvalue weighted by atomic mass is 35.5. The highest BCUT2D eigenvalue weighted by Crippen LogP contribution is 2.38. The summed E-state index contributed by atoms with van der Waals surface area (Å²) in [4.78, 5) is 39.7. The van der Waals surface area contributed by atoms with E-state index in [0.29, 0.717) is 68.9 Å². The van der Waals surface area contributed by atoms with Gasteiger partial charge in [0, 0.05) is 37.0 Å². The van der Waals surface area contributed by atoms with Gasteiger partial charge in [-0.05, 0) is 78.6 Å². The molecule has 4 aromatic rings. The molecule has 4 aromatic carbocycles. The Morgan fingerprint density at radius 3 is 2.23 bits per heavy atom. The van der Waals surface area contributed by atoms with Crippen molar-refractivity contribution in [3.05, 3.63) is 101 Å². The molecular formula is C33H32ClN5O4. The largest absolute Gasteiger partial charge is 0.495 e. The molecule has 0 aromatic heterocycles. The number of hydrogen-bond acceptors (Lipinski definition) is 6. The number of nitrogens with two attached hydrogens (primary N) is 1. The van der Waals surface area contributed by atoms with Crippen LogP contribution in [0.3, 0.4) is 0 Å². The number of anilines is 4. The predicted molar refractivity (Wildman–Crippen MR) is 170 cm³/mol. The zero-order valence-corrected chi connectivity index (χ0v) is 24.6. The number of carbonyl (C=O) groups is 3. The van der Waals surface area contributed by atoms with Crippen LogP contribution in [0.15, 0.2) is 78.9 Å². The van der Waals surface area contributed by atoms with Gasteiger partial charge in [-0.2, -0.15) is 0 Å². The van der Waals surface area contributed by atoms with Crippen molar-refractivity contribution in [3.63, 3.8) is 0 Å². The zero-order valence-electron chi connectivity index (χ0n) is 23.9. The van der Waals surface area contributed by atoms with E-state index in [4.69, 9.17) is 22.1 Å². The molecule has 0 unspecified atom stereocenters. The maximum absolute atomic E-state index is 13.8. The predicted octanol–water partition coefficient (Wildman–Crippen LogP) is 6.20. The Hall–Kier alpha value is -5.02. The monoisotopic (exact) mass is 597 g/mol. The molecule has 0 bridgehead atoms. The number of benzene rings is 4. The summed E-state index contributed by atoms with van der Waals surface area (Å²) in [6.45, 7) is 1.39. The molecule has 1 aliphatic rings. The van der Waals surface area contributed by atoms with E-state index in [9.17, 15) is 14.4 Å². The summed E-state index contributed by atoms with van der Waals surface area (Å²) >= 11 is 6.50. The van der Waals surface area contributed by atoms with E-state index < -0.39 is 5.91 Å². The molecule has 220 valence electrons. The van der Waals surface area contributed by atoms with Crippen LogP contribution in [0.1, 0.15) is 43.9 Å². The molecule has 0 aliphatic carbocycles. The second-order valence-electron chi connectivity index (χ2n) is 10.1. The lowest BCUT2D eigenvalue weighted by molar-refractivity contribution is 0.0793. The van der Waals surface area contributed by atoms with Crippen molar-refractivity contribution < 1.29 is 19.1 Å². The van der Waals surface area contributed by atoms with Crippen molar-refractivity contribution in [2.45, 2.75) is 12.8 Å². The molecule has 9 nitrogen and oxygen atoms in total. The van der Waals surface area contributed by atoms with Gasteiger partial charge in [0.15, 0.2) is 0 Å². The van der Waals surface area contributed by atoms with Gasteiger partial charge in [0.25, 0.3) is 17.7 Å². The number of methoxy groups -OCH3 is 1. The first-order valence-corrected chi connectivity index (χ1v) is 14.2. The summed E-state index contributed by atoms with van der Waals surface area (Å²) in [5, 5.41) is 9.63. The van der Waals surface area contributed by atoms with Crippen molar-refractivity contribution in [3.8, 4) is 16.9 Å². The molecular weight excluding hydrogens is 566 g/mol. The van der Waals surface area contributed by atoms with Crippen molar-refractivity contribution >= 4 is 52.1 Å². The van der Waals surface area contributed by atoms with Crippen LogP contribution in [-0.4, -0.2) is 49.9 Å². The Labute approximate surface area is 255 Å². The molecule has 0 atom stereocenters. The molecule has 0 saturated carbocycles. The molecule has 1 aliphatic heterocycles. The second-order valence-corrected chi connectivity index (χ2v) is 10.5. The number of likely N-dealkylation sites (tertiary alicyclic amines) is 1. The number of ether oxygens (including phenoxy) is 1. The lowest BCUT2D eigenvalue weighted by Gasteiger charge is -2.21. The minimum absolute atomic E-state index is 0.0740. The normalized spacial score (nSPS) is 12.5. The summed E-state index contributed by atoms with van der Waals surface area (Å²) in [6, 6.07) is 23.0. The number of rotatable bonds is 9. The van der Waals surface area contributed by atoms with Crippen LogP contribution < -0.4 is 26.4 Å². The van der Waals surface area contributed by atoms with E-state index in [1.165, 1.54) is 0 Å². The van der Waals surface area contributed by atoms with E-state index in [-0.39, 0.29) is 11.8 Å². The van der Waals surface area contributed by atoms with E-state index in [2.05, 4.69) is 16.0 Å². The van der Waals surface area contributed by atoms with Gasteiger partial charge in [-0.15, -0.1) is 0 Å². The second kappa shape index (κ2) is 12.9. The highest BCUT2D eigenvalue weighted by molar-refractivity contribution is 6.33. The lowest BCUT2D eigenvalue weighted by atomic mass is 9.96. The molecule has 1 heterocycles. The minimum Gasteiger partial charge on any atom is -0.495 e. The van der Waals surface area contributed by atoms with Crippen LogP contribution in [0.25, 0.3) is 11.1 Å². The van der Waals surface area contributed by atoms with Crippen LogP contribution in [0.5, 0.6) is 5.75 Å². The average Bonchev–Trinajstić information content (AvgIpc) is 3.57. The molecule has 1 fully saturated rings. The minimum atomic E-state index is -0.559. The number of primary amides is 1. The van der Waals surface area contributed by atoms with Crippen LogP contribution in [0.4, 0.5) is 22.7 Å². The average molecular weight is 598 g/mol. The Kier molecular flexibility index (Phi) is 8.82. The van der Waals surface area contributed by atoms with Gasteiger partial charge >= 0.3 is 0 Å². The summed E-state index contributed by atoms with van der Waals surface area (Å²) in [5.74, 6) is -0.300. The number of carbonyl (C=O) groups excluding carboxylic acids is 3. The lowest BCUT2D eigenvalue weighted by Crippen LogP contribution is -2.28. The van der Waals surface area contributed by atoms with Crippen LogP contribution >= 0.6 is 11.6 Å². The first-order chi connectivity index (χ1) is 20.8. The topological polar surface area (TPSA) is 126 Å². The van der Waals surface area contributed by atoms with Gasteiger partial charge in [0.05, 0.1) is 34.8 Å². The summed E-state index contributed by atoms with van der Waals surface area (Å²) in [5.41, 5.74) is 10.7. The van der Waals surface area contributed by atoms with Gasteiger partial charge in [-0.3, -0.25) is 14.4 Å². The molecule has 0 spiro atoms. The Balaban J connectivity index is 1.53. The maximum Gasteiger partial charge on any atom is 0.254 e. The highest BCUT2D eigenvalue weighted by Gasteiger charge is 2.25. The molecule has 43 heavy (non-hydrogen) atoms. The molecule has 5 rings (SSSR count). The zero-order chi connectivity index (χ0) is 30.5. The van der Waals surface area contributed by atoms with Crippen LogP contribution in [0.2, 0.25) is 5.02 Å². The first kappa shape index (κ1) is 29.5. The van der Waals surface area contributed by atoms with Gasteiger partial charge in [-0.1, -0.05) is 35.9 Å². The van der Waals surface area contributed by atoms with E-state index >= 15 is 0 Å². The van der Waals surface area contributed by atoms with Crippen molar-refractivity contribution in [2.24, 2.45) is 5.73 Å². The summed E-state index contributed by atoms with van der Waals surface area (Å²) < 4.78 is 5.77. The van der Waals surface area contributed by atoms with Crippen molar-refractivity contribution in [2.75, 3.05) is 37.9 Å². The third-order valence-corrected chi connectivity index (χ3v) is 7.69. The standard InChI is InChI=1S/C33H32ClN5O4/c1-36-32(41)21-11-9-20(10-12-21)24-19-30(43-2)29(18-25(24)33(42)39-15-5-6-16-39)37-22-13-14-26(34)28(17-22)38-27-8-4-3-7-23(27)31(35)40/h3-4,7-14,17-19,37-38H,5-6,15-16H2,1-2H3,(H2,35,40)(H,36,41). The van der Waals surface area contributed by atoms with Crippen molar-refractivity contribution in [1.82, 2.24) is 10.2 Å². The summed E-state index contributed by atoms with van der Waals surface area (Å²) in [7, 11) is 3.15. The SMILES string of the molecule is CNC(=O)c1ccc(-c2cc(OC)c(Nc3ccc(Cl)c(Nc4ccccc4C(N)=O)c3)cc2C(=O)N2CCCC2)cc1. The number of nitrogens with zero attached hydrogens (tertiary/aromatic N) is 1.